The van der Waals surface area contributed by atoms with E-state index in [1.807, 2.05) is 6.07 Å². The second-order valence-electron chi connectivity index (χ2n) is 4.94. The molecule has 0 aromatic heterocycles. The van der Waals surface area contributed by atoms with E-state index in [0.29, 0.717) is 22.2 Å². The van der Waals surface area contributed by atoms with Crippen molar-refractivity contribution in [2.24, 2.45) is 0 Å². The van der Waals surface area contributed by atoms with Crippen LogP contribution in [0.2, 0.25) is 5.02 Å². The van der Waals surface area contributed by atoms with E-state index in [-0.39, 0.29) is 5.91 Å². The number of halogens is 1. The summed E-state index contributed by atoms with van der Waals surface area (Å²) in [7, 11) is 3.14. The number of hydrogen-bond acceptors (Lipinski definition) is 4. The largest absolute Gasteiger partial charge is 0.493 e. The van der Waals surface area contributed by atoms with Crippen LogP contribution >= 0.6 is 11.6 Å². The lowest BCUT2D eigenvalue weighted by Crippen LogP contribution is -2.31. The molecule has 0 radical (unpaired) electrons. The number of methoxy groups -OCH3 is 2. The molecule has 0 saturated carbocycles. The second-order valence-corrected chi connectivity index (χ2v) is 5.37. The highest BCUT2D eigenvalue weighted by Crippen LogP contribution is 2.30. The summed E-state index contributed by atoms with van der Waals surface area (Å²) < 4.78 is 10.4. The van der Waals surface area contributed by atoms with Gasteiger partial charge in [-0.2, -0.15) is 0 Å². The Labute approximate surface area is 140 Å². The minimum absolute atomic E-state index is 0.165. The summed E-state index contributed by atoms with van der Waals surface area (Å²) in [6, 6.07) is 12.0. The Morgan fingerprint density at radius 1 is 1.04 bits per heavy atom. The van der Waals surface area contributed by atoms with E-state index in [0.717, 1.165) is 5.69 Å². The molecule has 122 valence electrons. The molecule has 0 aliphatic heterocycles. The molecule has 0 spiro atoms. The van der Waals surface area contributed by atoms with Crippen molar-refractivity contribution < 1.29 is 14.3 Å². The van der Waals surface area contributed by atoms with Gasteiger partial charge in [0.15, 0.2) is 11.5 Å². The topological polar surface area (TPSA) is 59.6 Å². The van der Waals surface area contributed by atoms with Gasteiger partial charge in [-0.3, -0.25) is 4.79 Å². The Hall–Kier alpha value is -2.40. The van der Waals surface area contributed by atoms with Gasteiger partial charge in [0.25, 0.3) is 0 Å². The average molecular weight is 335 g/mol. The van der Waals surface area contributed by atoms with Gasteiger partial charge in [-0.15, -0.1) is 0 Å². The molecule has 23 heavy (non-hydrogen) atoms. The highest BCUT2D eigenvalue weighted by molar-refractivity contribution is 6.30. The van der Waals surface area contributed by atoms with E-state index >= 15 is 0 Å². The molecular formula is C17H19ClN2O3. The smallest absolute Gasteiger partial charge is 0.246 e. The number of hydrogen-bond donors (Lipinski definition) is 2. The van der Waals surface area contributed by atoms with Gasteiger partial charge in [0.1, 0.15) is 6.04 Å². The van der Waals surface area contributed by atoms with Gasteiger partial charge >= 0.3 is 0 Å². The number of nitrogens with one attached hydrogen (secondary N) is 2. The lowest BCUT2D eigenvalue weighted by Gasteiger charge is -2.17. The number of rotatable bonds is 6. The van der Waals surface area contributed by atoms with Crippen molar-refractivity contribution in [2.75, 3.05) is 24.9 Å². The van der Waals surface area contributed by atoms with Gasteiger partial charge in [0.2, 0.25) is 5.91 Å². The molecule has 0 heterocycles. The molecule has 1 atom stereocenters. The Bertz CT molecular complexity index is 691. The molecular weight excluding hydrogens is 316 g/mol. The quantitative estimate of drug-likeness (QED) is 0.843. The number of anilines is 2. The summed E-state index contributed by atoms with van der Waals surface area (Å²) in [6.07, 6.45) is 0. The molecule has 0 fully saturated rings. The molecule has 2 rings (SSSR count). The van der Waals surface area contributed by atoms with Gasteiger partial charge in [-0.25, -0.2) is 0 Å². The Morgan fingerprint density at radius 2 is 1.78 bits per heavy atom. The predicted molar refractivity (Wildman–Crippen MR) is 92.7 cm³/mol. The highest BCUT2D eigenvalue weighted by Gasteiger charge is 2.14. The summed E-state index contributed by atoms with van der Waals surface area (Å²) in [5, 5.41) is 6.51. The van der Waals surface area contributed by atoms with Crippen LogP contribution < -0.4 is 20.1 Å². The normalized spacial score (nSPS) is 11.5. The number of amides is 1. The van der Waals surface area contributed by atoms with Crippen molar-refractivity contribution in [3.8, 4) is 11.5 Å². The van der Waals surface area contributed by atoms with Crippen LogP contribution in [0.15, 0.2) is 42.5 Å². The van der Waals surface area contributed by atoms with Crippen molar-refractivity contribution in [2.45, 2.75) is 13.0 Å². The maximum Gasteiger partial charge on any atom is 0.246 e. The van der Waals surface area contributed by atoms with E-state index in [2.05, 4.69) is 10.6 Å². The zero-order valence-electron chi connectivity index (χ0n) is 13.2. The maximum atomic E-state index is 12.2. The van der Waals surface area contributed by atoms with Crippen molar-refractivity contribution in [3.63, 3.8) is 0 Å². The third-order valence-electron chi connectivity index (χ3n) is 3.25. The first-order chi connectivity index (χ1) is 11.0. The van der Waals surface area contributed by atoms with Crippen LogP contribution in [-0.2, 0) is 4.79 Å². The van der Waals surface area contributed by atoms with Crippen LogP contribution in [0, 0.1) is 0 Å². The molecule has 2 aromatic rings. The van der Waals surface area contributed by atoms with Crippen molar-refractivity contribution in [1.82, 2.24) is 0 Å². The van der Waals surface area contributed by atoms with E-state index in [9.17, 15) is 4.79 Å². The number of benzene rings is 2. The summed E-state index contributed by atoms with van der Waals surface area (Å²) in [5.41, 5.74) is 1.42. The molecule has 0 aliphatic rings. The number of carbonyl (C=O) groups excluding carboxylic acids is 1. The second kappa shape index (κ2) is 7.74. The summed E-state index contributed by atoms with van der Waals surface area (Å²) in [5.74, 6) is 1.07. The minimum atomic E-state index is -0.438. The van der Waals surface area contributed by atoms with Gasteiger partial charge in [0, 0.05) is 22.5 Å². The molecule has 2 N–H and O–H groups in total. The summed E-state index contributed by atoms with van der Waals surface area (Å²) in [4.78, 5) is 12.2. The van der Waals surface area contributed by atoms with Crippen LogP contribution in [0.4, 0.5) is 11.4 Å². The van der Waals surface area contributed by atoms with E-state index in [4.69, 9.17) is 21.1 Å². The predicted octanol–water partition coefficient (Wildman–Crippen LogP) is 3.80. The molecule has 5 nitrogen and oxygen atoms in total. The zero-order valence-corrected chi connectivity index (χ0v) is 14.0. The van der Waals surface area contributed by atoms with Crippen LogP contribution in [-0.4, -0.2) is 26.2 Å². The molecule has 2 aromatic carbocycles. The van der Waals surface area contributed by atoms with Crippen LogP contribution in [0.5, 0.6) is 11.5 Å². The third kappa shape index (κ3) is 4.53. The van der Waals surface area contributed by atoms with Gasteiger partial charge in [0.05, 0.1) is 14.2 Å². The fourth-order valence-corrected chi connectivity index (χ4v) is 2.25. The average Bonchev–Trinajstić information content (AvgIpc) is 2.54. The standard InChI is InChI=1S/C17H19ClN2O3/c1-11(17(21)20-13-6-4-5-12(18)9-13)19-14-7-8-15(22-2)16(10-14)23-3/h4-11,19H,1-3H3,(H,20,21)/t11-/m0/s1. The molecule has 1 amide bonds. The van der Waals surface area contributed by atoms with Gasteiger partial charge in [-0.1, -0.05) is 17.7 Å². The summed E-state index contributed by atoms with van der Waals surface area (Å²) in [6.45, 7) is 1.77. The molecule has 0 bridgehead atoms. The summed E-state index contributed by atoms with van der Waals surface area (Å²) >= 11 is 5.91. The highest BCUT2D eigenvalue weighted by atomic mass is 35.5. The Morgan fingerprint density at radius 3 is 2.43 bits per heavy atom. The number of carbonyl (C=O) groups is 1. The monoisotopic (exact) mass is 334 g/mol. The van der Waals surface area contributed by atoms with Crippen LogP contribution in [0.25, 0.3) is 0 Å². The first kappa shape index (κ1) is 17.0. The molecule has 0 aliphatic carbocycles. The first-order valence-electron chi connectivity index (χ1n) is 7.08. The maximum absolute atomic E-state index is 12.2. The van der Waals surface area contributed by atoms with Crippen molar-refractivity contribution in [3.05, 3.63) is 47.5 Å². The Balaban J connectivity index is 2.03. The van der Waals surface area contributed by atoms with Crippen molar-refractivity contribution >= 4 is 28.9 Å². The zero-order chi connectivity index (χ0) is 16.8. The molecule has 6 heteroatoms. The van der Waals surface area contributed by atoms with Crippen LogP contribution in [0.3, 0.4) is 0 Å². The lowest BCUT2D eigenvalue weighted by atomic mass is 10.2. The minimum Gasteiger partial charge on any atom is -0.493 e. The third-order valence-corrected chi connectivity index (χ3v) is 3.49. The molecule has 0 unspecified atom stereocenters. The van der Waals surface area contributed by atoms with Gasteiger partial charge in [-0.05, 0) is 37.3 Å². The number of ether oxygens (including phenoxy) is 2. The fourth-order valence-electron chi connectivity index (χ4n) is 2.06. The lowest BCUT2D eigenvalue weighted by molar-refractivity contribution is -0.116. The van der Waals surface area contributed by atoms with E-state index < -0.39 is 6.04 Å². The van der Waals surface area contributed by atoms with Crippen LogP contribution in [0.1, 0.15) is 6.92 Å². The first-order valence-corrected chi connectivity index (χ1v) is 7.46. The molecule has 0 saturated heterocycles. The van der Waals surface area contributed by atoms with E-state index in [1.54, 1.807) is 57.5 Å². The fraction of sp³-hybridized carbons (Fsp3) is 0.235. The van der Waals surface area contributed by atoms with Gasteiger partial charge < -0.3 is 20.1 Å². The van der Waals surface area contributed by atoms with Crippen molar-refractivity contribution in [1.29, 1.82) is 0 Å². The van der Waals surface area contributed by atoms with E-state index in [1.165, 1.54) is 0 Å². The SMILES string of the molecule is COc1ccc(N[C@@H](C)C(=O)Nc2cccc(Cl)c2)cc1OC. The Kier molecular flexibility index (Phi) is 5.71.